The van der Waals surface area contributed by atoms with Crippen molar-refractivity contribution in [2.45, 2.75) is 30.8 Å². The minimum absolute atomic E-state index is 0.0524. The van der Waals surface area contributed by atoms with Crippen LogP contribution in [-0.4, -0.2) is 24.2 Å². The maximum absolute atomic E-state index is 12.7. The summed E-state index contributed by atoms with van der Waals surface area (Å²) in [6, 6.07) is 7.06. The lowest BCUT2D eigenvalue weighted by atomic mass is 10.0. The molecule has 0 unspecified atom stereocenters. The number of carbonyl (C=O) groups is 2. The fourth-order valence-corrected chi connectivity index (χ4v) is 3.69. The SMILES string of the molecule is CSc1ccc(NC(=O)c2c(C(C)C)csc2NC(=O)C(F)(F)F)cc1. The highest BCUT2D eigenvalue weighted by Crippen LogP contribution is 2.34. The zero-order valence-corrected chi connectivity index (χ0v) is 15.9. The minimum Gasteiger partial charge on any atom is -0.322 e. The van der Waals surface area contributed by atoms with Gasteiger partial charge in [0.25, 0.3) is 5.91 Å². The Morgan fingerprint density at radius 1 is 1.12 bits per heavy atom. The average molecular weight is 402 g/mol. The summed E-state index contributed by atoms with van der Waals surface area (Å²) in [5, 5.41) is 5.94. The Morgan fingerprint density at radius 2 is 1.73 bits per heavy atom. The van der Waals surface area contributed by atoms with E-state index in [1.807, 2.05) is 32.2 Å². The molecule has 2 amide bonds. The van der Waals surface area contributed by atoms with E-state index in [1.54, 1.807) is 34.6 Å². The third-order valence-electron chi connectivity index (χ3n) is 3.50. The number of hydrogen-bond donors (Lipinski definition) is 2. The van der Waals surface area contributed by atoms with Crippen molar-refractivity contribution < 1.29 is 22.8 Å². The Morgan fingerprint density at radius 3 is 2.23 bits per heavy atom. The molecule has 2 rings (SSSR count). The van der Waals surface area contributed by atoms with E-state index in [1.165, 1.54) is 0 Å². The molecule has 9 heteroatoms. The second-order valence-electron chi connectivity index (χ2n) is 5.68. The zero-order valence-electron chi connectivity index (χ0n) is 14.2. The van der Waals surface area contributed by atoms with Crippen molar-refractivity contribution in [3.8, 4) is 0 Å². The number of thioether (sulfide) groups is 1. The number of carbonyl (C=O) groups excluding carboxylic acids is 2. The van der Waals surface area contributed by atoms with Crippen LogP contribution in [-0.2, 0) is 4.79 Å². The summed E-state index contributed by atoms with van der Waals surface area (Å²) in [6.45, 7) is 3.64. The van der Waals surface area contributed by atoms with Gasteiger partial charge in [-0.2, -0.15) is 13.2 Å². The van der Waals surface area contributed by atoms with Gasteiger partial charge in [0.05, 0.1) is 5.56 Å². The Kier molecular flexibility index (Phi) is 6.35. The molecule has 0 saturated heterocycles. The molecule has 0 fully saturated rings. The molecule has 0 saturated carbocycles. The Bertz CT molecular complexity index is 799. The molecule has 0 spiro atoms. The Hall–Kier alpha value is -2.00. The fraction of sp³-hybridized carbons (Fsp3) is 0.294. The van der Waals surface area contributed by atoms with Gasteiger partial charge in [-0.25, -0.2) is 0 Å². The lowest BCUT2D eigenvalue weighted by Gasteiger charge is -2.12. The van der Waals surface area contributed by atoms with Crippen LogP contribution in [0.25, 0.3) is 0 Å². The summed E-state index contributed by atoms with van der Waals surface area (Å²) in [7, 11) is 0. The molecule has 4 nitrogen and oxygen atoms in total. The van der Waals surface area contributed by atoms with Crippen LogP contribution in [0.15, 0.2) is 34.5 Å². The first kappa shape index (κ1) is 20.3. The normalized spacial score (nSPS) is 11.5. The van der Waals surface area contributed by atoms with Crippen LogP contribution in [0, 0.1) is 0 Å². The van der Waals surface area contributed by atoms with E-state index >= 15 is 0 Å². The predicted octanol–water partition coefficient (Wildman–Crippen LogP) is 5.35. The van der Waals surface area contributed by atoms with Crippen molar-refractivity contribution in [1.82, 2.24) is 0 Å². The predicted molar refractivity (Wildman–Crippen MR) is 99.3 cm³/mol. The summed E-state index contributed by atoms with van der Waals surface area (Å²) in [6.07, 6.45) is -3.10. The van der Waals surface area contributed by atoms with Crippen molar-refractivity contribution in [3.05, 3.63) is 40.8 Å². The molecule has 1 aromatic carbocycles. The average Bonchev–Trinajstić information content (AvgIpc) is 2.98. The number of halogens is 3. The summed E-state index contributed by atoms with van der Waals surface area (Å²) < 4.78 is 37.6. The van der Waals surface area contributed by atoms with E-state index in [4.69, 9.17) is 0 Å². The van der Waals surface area contributed by atoms with Crippen LogP contribution in [0.2, 0.25) is 0 Å². The van der Waals surface area contributed by atoms with Gasteiger partial charge in [-0.3, -0.25) is 9.59 Å². The van der Waals surface area contributed by atoms with Gasteiger partial charge < -0.3 is 10.6 Å². The molecule has 140 valence electrons. The number of rotatable bonds is 5. The molecule has 0 aliphatic carbocycles. The highest BCUT2D eigenvalue weighted by molar-refractivity contribution is 7.98. The van der Waals surface area contributed by atoms with Crippen LogP contribution in [0.3, 0.4) is 0 Å². The molecular formula is C17H17F3N2O2S2. The molecule has 2 N–H and O–H groups in total. The van der Waals surface area contributed by atoms with Crippen LogP contribution in [0.1, 0.15) is 35.7 Å². The van der Waals surface area contributed by atoms with E-state index in [2.05, 4.69) is 5.32 Å². The number of anilines is 2. The van der Waals surface area contributed by atoms with Crippen molar-refractivity contribution in [1.29, 1.82) is 0 Å². The number of nitrogens with one attached hydrogen (secondary N) is 2. The molecule has 2 aromatic rings. The van der Waals surface area contributed by atoms with Crippen LogP contribution in [0.4, 0.5) is 23.9 Å². The van der Waals surface area contributed by atoms with Crippen LogP contribution in [0.5, 0.6) is 0 Å². The standard InChI is InChI=1S/C17H17F3N2O2S2/c1-9(2)12-8-26-15(22-16(24)17(18,19)20)13(12)14(23)21-10-4-6-11(25-3)7-5-10/h4-9H,1-3H3,(H,21,23)(H,22,24). The second-order valence-corrected chi connectivity index (χ2v) is 7.44. The maximum atomic E-state index is 12.7. The van der Waals surface area contributed by atoms with Gasteiger partial charge in [0.2, 0.25) is 0 Å². The molecule has 26 heavy (non-hydrogen) atoms. The first-order valence-corrected chi connectivity index (χ1v) is 9.69. The quantitative estimate of drug-likeness (QED) is 0.663. The second kappa shape index (κ2) is 8.13. The third kappa shape index (κ3) is 4.79. The molecule has 1 heterocycles. The first-order chi connectivity index (χ1) is 12.1. The first-order valence-electron chi connectivity index (χ1n) is 7.58. The Balaban J connectivity index is 2.31. The lowest BCUT2D eigenvalue weighted by Crippen LogP contribution is -2.30. The number of hydrogen-bond acceptors (Lipinski definition) is 4. The van der Waals surface area contributed by atoms with Gasteiger partial charge in [-0.15, -0.1) is 23.1 Å². The van der Waals surface area contributed by atoms with E-state index in [0.717, 1.165) is 16.2 Å². The molecule has 0 aliphatic heterocycles. The molecule has 0 bridgehead atoms. The zero-order chi connectivity index (χ0) is 19.5. The highest BCUT2D eigenvalue weighted by atomic mass is 32.2. The minimum atomic E-state index is -5.02. The molecule has 0 radical (unpaired) electrons. The van der Waals surface area contributed by atoms with Crippen molar-refractivity contribution in [2.75, 3.05) is 16.9 Å². The molecule has 0 aliphatic rings. The molecule has 1 aromatic heterocycles. The number of alkyl halides is 3. The van der Waals surface area contributed by atoms with Crippen molar-refractivity contribution in [3.63, 3.8) is 0 Å². The topological polar surface area (TPSA) is 58.2 Å². The van der Waals surface area contributed by atoms with Gasteiger partial charge in [-0.1, -0.05) is 13.8 Å². The van der Waals surface area contributed by atoms with Crippen LogP contribution < -0.4 is 10.6 Å². The van der Waals surface area contributed by atoms with E-state index in [9.17, 15) is 22.8 Å². The number of benzene rings is 1. The smallest absolute Gasteiger partial charge is 0.322 e. The molecular weight excluding hydrogens is 385 g/mol. The monoisotopic (exact) mass is 402 g/mol. The van der Waals surface area contributed by atoms with Gasteiger partial charge in [0, 0.05) is 10.6 Å². The van der Waals surface area contributed by atoms with Gasteiger partial charge in [0.15, 0.2) is 0 Å². The lowest BCUT2D eigenvalue weighted by molar-refractivity contribution is -0.167. The van der Waals surface area contributed by atoms with Gasteiger partial charge >= 0.3 is 12.1 Å². The van der Waals surface area contributed by atoms with Crippen LogP contribution >= 0.6 is 23.1 Å². The number of amides is 2. The summed E-state index contributed by atoms with van der Waals surface area (Å²) in [5.41, 5.74) is 1.14. The summed E-state index contributed by atoms with van der Waals surface area (Å²) in [4.78, 5) is 24.9. The van der Waals surface area contributed by atoms with Gasteiger partial charge in [-0.05, 0) is 47.4 Å². The third-order valence-corrected chi connectivity index (χ3v) is 5.16. The highest BCUT2D eigenvalue weighted by Gasteiger charge is 2.39. The maximum Gasteiger partial charge on any atom is 0.471 e. The molecule has 0 atom stereocenters. The largest absolute Gasteiger partial charge is 0.471 e. The Labute approximate surface area is 157 Å². The van der Waals surface area contributed by atoms with E-state index in [0.29, 0.717) is 11.3 Å². The fourth-order valence-electron chi connectivity index (χ4n) is 2.16. The van der Waals surface area contributed by atoms with E-state index < -0.39 is 18.0 Å². The summed E-state index contributed by atoms with van der Waals surface area (Å²) >= 11 is 2.44. The van der Waals surface area contributed by atoms with Crippen molar-refractivity contribution >= 4 is 45.6 Å². The van der Waals surface area contributed by atoms with Gasteiger partial charge in [0.1, 0.15) is 5.00 Å². The van der Waals surface area contributed by atoms with Crippen molar-refractivity contribution in [2.24, 2.45) is 0 Å². The van der Waals surface area contributed by atoms with E-state index in [-0.39, 0.29) is 16.5 Å². The summed E-state index contributed by atoms with van der Waals surface area (Å²) in [5.74, 6) is -2.76. The number of thiophene rings is 1.